The molecule has 1 aromatic heterocycles. The van der Waals surface area contributed by atoms with Crippen molar-refractivity contribution in [1.82, 2.24) is 9.29 Å². The predicted molar refractivity (Wildman–Crippen MR) is 123 cm³/mol. The second kappa shape index (κ2) is 9.24. The van der Waals surface area contributed by atoms with Crippen LogP contribution in [0.5, 0.6) is 5.75 Å². The molecule has 4 rings (SSSR count). The molecule has 9 nitrogen and oxygen atoms in total. The Kier molecular flexibility index (Phi) is 6.59. The SMILES string of the molecule is CCOc1ccc(N2CCCCS2(=O)=O)cc1S(=O)(=O)N1CCN(c2ccccn2)CC1. The van der Waals surface area contributed by atoms with Gasteiger partial charge in [0, 0.05) is 38.9 Å². The summed E-state index contributed by atoms with van der Waals surface area (Å²) in [6.45, 7) is 4.06. The molecule has 2 aromatic rings. The maximum atomic E-state index is 13.6. The lowest BCUT2D eigenvalue weighted by molar-refractivity contribution is 0.327. The zero-order valence-electron chi connectivity index (χ0n) is 18.1. The molecule has 2 fully saturated rings. The van der Waals surface area contributed by atoms with E-state index in [1.165, 1.54) is 14.7 Å². The highest BCUT2D eigenvalue weighted by Crippen LogP contribution is 2.34. The third kappa shape index (κ3) is 4.55. The van der Waals surface area contributed by atoms with Crippen LogP contribution in [0.4, 0.5) is 11.5 Å². The first-order valence-corrected chi connectivity index (χ1v) is 13.8. The number of hydrogen-bond acceptors (Lipinski definition) is 7. The number of sulfonamides is 2. The van der Waals surface area contributed by atoms with Crippen molar-refractivity contribution in [2.24, 2.45) is 0 Å². The molecular formula is C21H28N4O5S2. The minimum atomic E-state index is -3.88. The summed E-state index contributed by atoms with van der Waals surface area (Å²) in [5.74, 6) is 1.12. The van der Waals surface area contributed by atoms with Crippen LogP contribution in [0.3, 0.4) is 0 Å². The van der Waals surface area contributed by atoms with Crippen LogP contribution >= 0.6 is 0 Å². The molecule has 0 saturated carbocycles. The van der Waals surface area contributed by atoms with Crippen LogP contribution < -0.4 is 13.9 Å². The number of nitrogens with zero attached hydrogens (tertiary/aromatic N) is 4. The Balaban J connectivity index is 1.62. The molecule has 11 heteroatoms. The fourth-order valence-electron chi connectivity index (χ4n) is 4.04. The fraction of sp³-hybridized carbons (Fsp3) is 0.476. The van der Waals surface area contributed by atoms with Gasteiger partial charge >= 0.3 is 0 Å². The Hall–Kier alpha value is -2.37. The first-order chi connectivity index (χ1) is 15.3. The Morgan fingerprint density at radius 2 is 1.81 bits per heavy atom. The molecular weight excluding hydrogens is 452 g/mol. The van der Waals surface area contributed by atoms with Crippen LogP contribution in [-0.2, 0) is 20.0 Å². The maximum Gasteiger partial charge on any atom is 0.246 e. The number of benzene rings is 1. The topological polar surface area (TPSA) is 100 Å². The summed E-state index contributed by atoms with van der Waals surface area (Å²) in [7, 11) is -7.34. The predicted octanol–water partition coefficient (Wildman–Crippen LogP) is 1.92. The van der Waals surface area contributed by atoms with Crippen molar-refractivity contribution in [1.29, 1.82) is 0 Å². The number of pyridine rings is 1. The largest absolute Gasteiger partial charge is 0.492 e. The Morgan fingerprint density at radius 3 is 2.47 bits per heavy atom. The Labute approximate surface area is 189 Å². The highest BCUT2D eigenvalue weighted by atomic mass is 32.2. The molecule has 2 saturated heterocycles. The fourth-order valence-corrected chi connectivity index (χ4v) is 7.25. The number of aromatic nitrogens is 1. The molecule has 0 amide bonds. The molecule has 174 valence electrons. The van der Waals surface area contributed by atoms with Crippen molar-refractivity contribution in [2.45, 2.75) is 24.7 Å². The van der Waals surface area contributed by atoms with Crippen molar-refractivity contribution < 1.29 is 21.6 Å². The summed E-state index contributed by atoms with van der Waals surface area (Å²) in [6, 6.07) is 10.3. The van der Waals surface area contributed by atoms with E-state index in [-0.39, 0.29) is 16.4 Å². The van der Waals surface area contributed by atoms with E-state index in [1.807, 2.05) is 23.1 Å². The minimum absolute atomic E-state index is 0.00362. The number of piperazine rings is 1. The van der Waals surface area contributed by atoms with E-state index in [1.54, 1.807) is 25.3 Å². The smallest absolute Gasteiger partial charge is 0.246 e. The molecule has 32 heavy (non-hydrogen) atoms. The van der Waals surface area contributed by atoms with Gasteiger partial charge in [-0.1, -0.05) is 6.07 Å². The third-order valence-corrected chi connectivity index (χ3v) is 9.48. The molecule has 0 radical (unpaired) electrons. The van der Waals surface area contributed by atoms with Gasteiger partial charge in [-0.2, -0.15) is 4.31 Å². The van der Waals surface area contributed by atoms with Crippen LogP contribution in [0.1, 0.15) is 19.8 Å². The summed E-state index contributed by atoms with van der Waals surface area (Å²) in [5, 5.41) is 0. The lowest BCUT2D eigenvalue weighted by Gasteiger charge is -2.35. The van der Waals surface area contributed by atoms with Crippen LogP contribution in [0, 0.1) is 0 Å². The summed E-state index contributed by atoms with van der Waals surface area (Å²) in [6.07, 6.45) is 3.07. The molecule has 0 spiro atoms. The van der Waals surface area contributed by atoms with E-state index >= 15 is 0 Å². The molecule has 2 aliphatic rings. The van der Waals surface area contributed by atoms with Gasteiger partial charge in [0.05, 0.1) is 18.0 Å². The second-order valence-electron chi connectivity index (χ2n) is 7.74. The van der Waals surface area contributed by atoms with Gasteiger partial charge in [-0.15, -0.1) is 0 Å². The zero-order chi connectivity index (χ0) is 22.8. The summed E-state index contributed by atoms with van der Waals surface area (Å²) in [5.41, 5.74) is 0.360. The highest BCUT2D eigenvalue weighted by molar-refractivity contribution is 7.92. The number of ether oxygens (including phenoxy) is 1. The molecule has 0 atom stereocenters. The number of anilines is 2. The average Bonchev–Trinajstić information content (AvgIpc) is 2.80. The monoisotopic (exact) mass is 480 g/mol. The summed E-state index contributed by atoms with van der Waals surface area (Å²) < 4.78 is 60.6. The van der Waals surface area contributed by atoms with Crippen molar-refractivity contribution in [2.75, 3.05) is 54.3 Å². The van der Waals surface area contributed by atoms with E-state index < -0.39 is 20.0 Å². The lowest BCUT2D eigenvalue weighted by atomic mass is 10.2. The van der Waals surface area contributed by atoms with Gasteiger partial charge in [0.2, 0.25) is 20.0 Å². The normalized spacial score (nSPS) is 19.7. The van der Waals surface area contributed by atoms with Crippen molar-refractivity contribution in [3.8, 4) is 5.75 Å². The highest BCUT2D eigenvalue weighted by Gasteiger charge is 2.33. The van der Waals surface area contributed by atoms with Gasteiger partial charge in [-0.3, -0.25) is 4.31 Å². The van der Waals surface area contributed by atoms with E-state index in [4.69, 9.17) is 4.74 Å². The first kappa shape index (κ1) is 22.8. The average molecular weight is 481 g/mol. The zero-order valence-corrected chi connectivity index (χ0v) is 19.7. The first-order valence-electron chi connectivity index (χ1n) is 10.8. The molecule has 0 bridgehead atoms. The van der Waals surface area contributed by atoms with E-state index in [2.05, 4.69) is 4.98 Å². The Bertz CT molecular complexity index is 1150. The number of hydrogen-bond donors (Lipinski definition) is 0. The van der Waals surface area contributed by atoms with E-state index in [9.17, 15) is 16.8 Å². The van der Waals surface area contributed by atoms with Gasteiger partial charge < -0.3 is 9.64 Å². The van der Waals surface area contributed by atoms with Crippen LogP contribution in [-0.4, -0.2) is 71.2 Å². The van der Waals surface area contributed by atoms with Crippen LogP contribution in [0.25, 0.3) is 0 Å². The number of rotatable bonds is 6. The van der Waals surface area contributed by atoms with Gasteiger partial charge in [-0.05, 0) is 50.1 Å². The van der Waals surface area contributed by atoms with Gasteiger partial charge in [0.25, 0.3) is 0 Å². The maximum absolute atomic E-state index is 13.6. The van der Waals surface area contributed by atoms with Crippen LogP contribution in [0.15, 0.2) is 47.5 Å². The van der Waals surface area contributed by atoms with Gasteiger partial charge in [-0.25, -0.2) is 21.8 Å². The van der Waals surface area contributed by atoms with E-state index in [0.717, 1.165) is 12.2 Å². The van der Waals surface area contributed by atoms with Crippen LogP contribution in [0.2, 0.25) is 0 Å². The summed E-state index contributed by atoms with van der Waals surface area (Å²) >= 11 is 0. The quantitative estimate of drug-likeness (QED) is 0.623. The van der Waals surface area contributed by atoms with Crippen molar-refractivity contribution in [3.05, 3.63) is 42.6 Å². The molecule has 0 unspecified atom stereocenters. The molecule has 0 N–H and O–H groups in total. The molecule has 2 aliphatic heterocycles. The Morgan fingerprint density at radius 1 is 1.03 bits per heavy atom. The van der Waals surface area contributed by atoms with Gasteiger partial charge in [0.15, 0.2) is 0 Å². The van der Waals surface area contributed by atoms with E-state index in [0.29, 0.717) is 51.4 Å². The standard InChI is InChI=1S/C21H28N4O5S2/c1-2-30-19-9-8-18(25-11-5-6-16-31(25,26)27)17-20(19)32(28,29)24-14-12-23(13-15-24)21-7-3-4-10-22-21/h3-4,7-10,17H,2,5-6,11-16H2,1H3. The molecule has 1 aromatic carbocycles. The second-order valence-corrected chi connectivity index (χ2v) is 11.7. The minimum Gasteiger partial charge on any atom is -0.492 e. The van der Waals surface area contributed by atoms with Gasteiger partial charge in [0.1, 0.15) is 16.5 Å². The van der Waals surface area contributed by atoms with Crippen molar-refractivity contribution >= 4 is 31.6 Å². The van der Waals surface area contributed by atoms with Crippen molar-refractivity contribution in [3.63, 3.8) is 0 Å². The lowest BCUT2D eigenvalue weighted by Crippen LogP contribution is -2.49. The third-order valence-electron chi connectivity index (χ3n) is 5.69. The summed E-state index contributed by atoms with van der Waals surface area (Å²) in [4.78, 5) is 6.39. The molecule has 0 aliphatic carbocycles. The molecule has 3 heterocycles.